The number of methoxy groups -OCH3 is 1. The molecule has 1 saturated carbocycles. The SMILES string of the molecule is COc1ccc(Nc2nc(NCC3CCCCC3)nc(N3CC4CCCN4C3)n2)cc1F. The highest BCUT2D eigenvalue weighted by atomic mass is 19.1. The number of ether oxygens (including phenoxy) is 1. The fourth-order valence-electron chi connectivity index (χ4n) is 5.11. The van der Waals surface area contributed by atoms with E-state index in [-0.39, 0.29) is 5.75 Å². The summed E-state index contributed by atoms with van der Waals surface area (Å²) in [5.74, 6) is 2.09. The number of hydrogen-bond donors (Lipinski definition) is 2. The molecule has 172 valence electrons. The van der Waals surface area contributed by atoms with Crippen molar-refractivity contribution in [2.75, 3.05) is 48.9 Å². The van der Waals surface area contributed by atoms with Crippen LogP contribution in [0, 0.1) is 11.7 Å². The van der Waals surface area contributed by atoms with Crippen LogP contribution >= 0.6 is 0 Å². The Hall–Kier alpha value is -2.68. The first-order chi connectivity index (χ1) is 15.7. The summed E-state index contributed by atoms with van der Waals surface area (Å²) in [6.45, 7) is 3.78. The van der Waals surface area contributed by atoms with Gasteiger partial charge in [-0.3, -0.25) is 4.90 Å². The summed E-state index contributed by atoms with van der Waals surface area (Å²) in [7, 11) is 1.45. The van der Waals surface area contributed by atoms with Crippen molar-refractivity contribution in [1.82, 2.24) is 19.9 Å². The highest BCUT2D eigenvalue weighted by Gasteiger charge is 2.35. The lowest BCUT2D eigenvalue weighted by molar-refractivity contribution is 0.330. The molecule has 3 heterocycles. The third kappa shape index (κ3) is 4.72. The van der Waals surface area contributed by atoms with E-state index in [1.54, 1.807) is 12.1 Å². The van der Waals surface area contributed by atoms with Gasteiger partial charge in [0.15, 0.2) is 11.6 Å². The molecule has 1 atom stereocenters. The molecule has 3 fully saturated rings. The van der Waals surface area contributed by atoms with Crippen LogP contribution in [0.5, 0.6) is 5.75 Å². The number of fused-ring (bicyclic) bond motifs is 1. The molecule has 1 aromatic carbocycles. The molecule has 2 saturated heterocycles. The standard InChI is InChI=1S/C23H32FN7O/c1-32-20-10-9-17(12-19(20)24)26-22-27-21(25-13-16-6-3-2-4-7-16)28-23(29-22)31-14-18-8-5-11-30(18)15-31/h9-10,12,16,18H,2-8,11,13-15H2,1H3,(H2,25,26,27,28,29). The van der Waals surface area contributed by atoms with E-state index in [0.717, 1.165) is 26.3 Å². The Labute approximate surface area is 188 Å². The number of nitrogens with zero attached hydrogens (tertiary/aromatic N) is 5. The van der Waals surface area contributed by atoms with Crippen LogP contribution in [0.15, 0.2) is 18.2 Å². The number of benzene rings is 1. The minimum absolute atomic E-state index is 0.208. The van der Waals surface area contributed by atoms with Crippen molar-refractivity contribution in [3.8, 4) is 5.75 Å². The van der Waals surface area contributed by atoms with E-state index in [1.807, 2.05) is 0 Å². The van der Waals surface area contributed by atoms with Crippen molar-refractivity contribution >= 4 is 23.5 Å². The molecule has 1 aromatic heterocycles. The molecule has 32 heavy (non-hydrogen) atoms. The van der Waals surface area contributed by atoms with Crippen molar-refractivity contribution in [2.45, 2.75) is 51.0 Å². The first kappa shape index (κ1) is 21.2. The zero-order valence-corrected chi connectivity index (χ0v) is 18.7. The molecule has 2 aromatic rings. The first-order valence-electron chi connectivity index (χ1n) is 11.8. The molecule has 8 nitrogen and oxygen atoms in total. The molecule has 0 bridgehead atoms. The van der Waals surface area contributed by atoms with Crippen LogP contribution in [0.3, 0.4) is 0 Å². The summed E-state index contributed by atoms with van der Waals surface area (Å²) in [6.07, 6.45) is 8.94. The van der Waals surface area contributed by atoms with E-state index in [1.165, 1.54) is 58.1 Å². The number of rotatable bonds is 7. The first-order valence-corrected chi connectivity index (χ1v) is 11.8. The maximum atomic E-state index is 14.2. The number of hydrogen-bond acceptors (Lipinski definition) is 8. The summed E-state index contributed by atoms with van der Waals surface area (Å²) in [6, 6.07) is 5.32. The summed E-state index contributed by atoms with van der Waals surface area (Å²) in [5.41, 5.74) is 0.570. The Balaban J connectivity index is 1.36. The van der Waals surface area contributed by atoms with Crippen LogP contribution in [0.1, 0.15) is 44.9 Å². The quantitative estimate of drug-likeness (QED) is 0.668. The van der Waals surface area contributed by atoms with Gasteiger partial charge in [0.25, 0.3) is 0 Å². The molecule has 1 unspecified atom stereocenters. The monoisotopic (exact) mass is 441 g/mol. The van der Waals surface area contributed by atoms with Gasteiger partial charge in [-0.15, -0.1) is 0 Å². The minimum atomic E-state index is -0.428. The lowest BCUT2D eigenvalue weighted by atomic mass is 9.89. The number of nitrogens with one attached hydrogen (secondary N) is 2. The lowest BCUT2D eigenvalue weighted by Crippen LogP contribution is -2.27. The number of anilines is 4. The van der Waals surface area contributed by atoms with Crippen molar-refractivity contribution < 1.29 is 9.13 Å². The van der Waals surface area contributed by atoms with E-state index < -0.39 is 5.82 Å². The van der Waals surface area contributed by atoms with Gasteiger partial charge in [-0.05, 0) is 43.7 Å². The predicted octanol–water partition coefficient (Wildman–Crippen LogP) is 4.00. The molecule has 5 rings (SSSR count). The van der Waals surface area contributed by atoms with Crippen LogP contribution in [0.25, 0.3) is 0 Å². The van der Waals surface area contributed by atoms with Crippen molar-refractivity contribution in [3.05, 3.63) is 24.0 Å². The molecular formula is C23H32FN7O. The molecule has 0 amide bonds. The van der Waals surface area contributed by atoms with Gasteiger partial charge in [0.05, 0.1) is 13.8 Å². The maximum Gasteiger partial charge on any atom is 0.233 e. The summed E-state index contributed by atoms with van der Waals surface area (Å²) >= 11 is 0. The third-order valence-corrected chi connectivity index (χ3v) is 6.87. The van der Waals surface area contributed by atoms with Crippen LogP contribution in [-0.2, 0) is 0 Å². The van der Waals surface area contributed by atoms with Gasteiger partial charge >= 0.3 is 0 Å². The van der Waals surface area contributed by atoms with E-state index >= 15 is 0 Å². The van der Waals surface area contributed by atoms with Gasteiger partial charge in [0.2, 0.25) is 17.8 Å². The Kier molecular flexibility index (Phi) is 6.25. The van der Waals surface area contributed by atoms with Crippen LogP contribution in [0.4, 0.5) is 27.9 Å². The van der Waals surface area contributed by atoms with Crippen LogP contribution in [-0.4, -0.2) is 59.3 Å². The van der Waals surface area contributed by atoms with Crippen molar-refractivity contribution in [1.29, 1.82) is 0 Å². The molecule has 2 N–H and O–H groups in total. The second-order valence-electron chi connectivity index (χ2n) is 9.11. The zero-order valence-electron chi connectivity index (χ0n) is 18.7. The molecule has 3 aliphatic rings. The fraction of sp³-hybridized carbons (Fsp3) is 0.609. The van der Waals surface area contributed by atoms with Gasteiger partial charge in [0, 0.05) is 37.4 Å². The van der Waals surface area contributed by atoms with E-state index in [0.29, 0.717) is 35.5 Å². The predicted molar refractivity (Wildman–Crippen MR) is 123 cm³/mol. The average Bonchev–Trinajstić information content (AvgIpc) is 3.41. The lowest BCUT2D eigenvalue weighted by Gasteiger charge is -2.22. The molecule has 1 aliphatic carbocycles. The van der Waals surface area contributed by atoms with E-state index in [2.05, 4.69) is 30.4 Å². The van der Waals surface area contributed by atoms with Crippen LogP contribution < -0.4 is 20.3 Å². The highest BCUT2D eigenvalue weighted by molar-refractivity contribution is 5.57. The van der Waals surface area contributed by atoms with Gasteiger partial charge in [-0.1, -0.05) is 19.3 Å². The average molecular weight is 442 g/mol. The Morgan fingerprint density at radius 3 is 2.69 bits per heavy atom. The van der Waals surface area contributed by atoms with Crippen molar-refractivity contribution in [2.24, 2.45) is 5.92 Å². The minimum Gasteiger partial charge on any atom is -0.494 e. The molecular weight excluding hydrogens is 409 g/mol. The molecule has 0 spiro atoms. The van der Waals surface area contributed by atoms with E-state index in [4.69, 9.17) is 9.72 Å². The maximum absolute atomic E-state index is 14.2. The van der Waals surface area contributed by atoms with Gasteiger partial charge in [-0.2, -0.15) is 15.0 Å². The van der Waals surface area contributed by atoms with Crippen molar-refractivity contribution in [3.63, 3.8) is 0 Å². The Morgan fingerprint density at radius 1 is 1.06 bits per heavy atom. The van der Waals surface area contributed by atoms with Gasteiger partial charge in [0.1, 0.15) is 0 Å². The smallest absolute Gasteiger partial charge is 0.233 e. The second-order valence-corrected chi connectivity index (χ2v) is 9.11. The third-order valence-electron chi connectivity index (χ3n) is 6.87. The number of aromatic nitrogens is 3. The van der Waals surface area contributed by atoms with Gasteiger partial charge in [-0.25, -0.2) is 4.39 Å². The normalized spacial score (nSPS) is 21.6. The van der Waals surface area contributed by atoms with Gasteiger partial charge < -0.3 is 20.3 Å². The topological polar surface area (TPSA) is 78.4 Å². The molecule has 9 heteroatoms. The Bertz CT molecular complexity index is 925. The van der Waals surface area contributed by atoms with E-state index in [9.17, 15) is 4.39 Å². The number of halogens is 1. The second kappa shape index (κ2) is 9.44. The zero-order chi connectivity index (χ0) is 21.9. The van der Waals surface area contributed by atoms with Crippen LogP contribution in [0.2, 0.25) is 0 Å². The summed E-state index contributed by atoms with van der Waals surface area (Å²) in [4.78, 5) is 18.7. The summed E-state index contributed by atoms with van der Waals surface area (Å²) < 4.78 is 19.2. The summed E-state index contributed by atoms with van der Waals surface area (Å²) in [5, 5.41) is 6.60. The Morgan fingerprint density at radius 2 is 1.91 bits per heavy atom. The molecule has 0 radical (unpaired) electrons. The fourth-order valence-corrected chi connectivity index (χ4v) is 5.11. The molecule has 2 aliphatic heterocycles. The highest BCUT2D eigenvalue weighted by Crippen LogP contribution is 2.29. The largest absolute Gasteiger partial charge is 0.494 e.